The SMILES string of the molecule is COC(=O)[C@]12CN(C)C[C@H]1c1c(n(C)c3ccccc13)CN2C(=O)c1cccc(C#N)c1. The van der Waals surface area contributed by atoms with E-state index in [-0.39, 0.29) is 18.4 Å². The van der Waals surface area contributed by atoms with Crippen molar-refractivity contribution in [3.05, 3.63) is 70.9 Å². The summed E-state index contributed by atoms with van der Waals surface area (Å²) >= 11 is 0. The van der Waals surface area contributed by atoms with E-state index in [2.05, 4.69) is 27.7 Å². The summed E-state index contributed by atoms with van der Waals surface area (Å²) in [7, 11) is 5.35. The molecule has 0 radical (unpaired) electrons. The molecule has 0 spiro atoms. The number of hydrogen-bond acceptors (Lipinski definition) is 5. The lowest BCUT2D eigenvalue weighted by Gasteiger charge is -2.46. The van der Waals surface area contributed by atoms with Gasteiger partial charge < -0.3 is 19.1 Å². The molecule has 5 rings (SSSR count). The van der Waals surface area contributed by atoms with Gasteiger partial charge in [-0.25, -0.2) is 4.79 Å². The number of carbonyl (C=O) groups excluding carboxylic acids is 2. The van der Waals surface area contributed by atoms with Crippen molar-refractivity contribution in [3.8, 4) is 6.07 Å². The lowest BCUT2D eigenvalue weighted by molar-refractivity contribution is -0.155. The van der Waals surface area contributed by atoms with Gasteiger partial charge in [-0.3, -0.25) is 4.79 Å². The first-order chi connectivity index (χ1) is 15.4. The molecule has 1 saturated heterocycles. The summed E-state index contributed by atoms with van der Waals surface area (Å²) in [6.07, 6.45) is 0. The molecular weight excluding hydrogens is 404 g/mol. The fourth-order valence-corrected chi connectivity index (χ4v) is 5.62. The Morgan fingerprint density at radius 3 is 2.69 bits per heavy atom. The summed E-state index contributed by atoms with van der Waals surface area (Å²) < 4.78 is 7.44. The first kappa shape index (κ1) is 20.3. The molecule has 2 aliphatic heterocycles. The molecule has 0 N–H and O–H groups in total. The Labute approximate surface area is 186 Å². The highest BCUT2D eigenvalue weighted by atomic mass is 16.5. The summed E-state index contributed by atoms with van der Waals surface area (Å²) in [4.78, 5) is 31.1. The number of carbonyl (C=O) groups is 2. The second kappa shape index (κ2) is 7.21. The highest BCUT2D eigenvalue weighted by Crippen LogP contribution is 2.50. The van der Waals surface area contributed by atoms with Gasteiger partial charge in [0.1, 0.15) is 0 Å². The number of aryl methyl sites for hydroxylation is 1. The number of ether oxygens (including phenoxy) is 1. The number of hydrogen-bond donors (Lipinski definition) is 0. The third-order valence-corrected chi connectivity index (χ3v) is 7.01. The van der Waals surface area contributed by atoms with E-state index in [1.165, 1.54) is 7.11 Å². The lowest BCUT2D eigenvalue weighted by Crippen LogP contribution is -2.63. The van der Waals surface area contributed by atoms with Crippen molar-refractivity contribution in [2.45, 2.75) is 18.0 Å². The van der Waals surface area contributed by atoms with E-state index in [9.17, 15) is 14.9 Å². The van der Waals surface area contributed by atoms with Crippen LogP contribution in [0.15, 0.2) is 48.5 Å². The molecule has 2 atom stereocenters. The van der Waals surface area contributed by atoms with E-state index in [4.69, 9.17) is 4.74 Å². The minimum Gasteiger partial charge on any atom is -0.467 e. The first-order valence-electron chi connectivity index (χ1n) is 10.6. The molecule has 0 aliphatic carbocycles. The predicted octanol–water partition coefficient (Wildman–Crippen LogP) is 2.65. The Morgan fingerprint density at radius 1 is 1.16 bits per heavy atom. The van der Waals surface area contributed by atoms with Crippen molar-refractivity contribution in [2.24, 2.45) is 7.05 Å². The van der Waals surface area contributed by atoms with Crippen LogP contribution in [0.4, 0.5) is 0 Å². The Hall–Kier alpha value is -3.63. The lowest BCUT2D eigenvalue weighted by atomic mass is 9.75. The number of methoxy groups -OCH3 is 1. The molecule has 0 unspecified atom stereocenters. The number of aromatic nitrogens is 1. The van der Waals surface area contributed by atoms with Crippen LogP contribution in [0.3, 0.4) is 0 Å². The second-order valence-corrected chi connectivity index (χ2v) is 8.69. The molecule has 3 heterocycles. The van der Waals surface area contributed by atoms with E-state index < -0.39 is 11.5 Å². The monoisotopic (exact) mass is 428 g/mol. The molecule has 1 fully saturated rings. The molecule has 0 saturated carbocycles. The average Bonchev–Trinajstić information content (AvgIpc) is 3.32. The van der Waals surface area contributed by atoms with Crippen LogP contribution in [0.1, 0.15) is 33.1 Å². The standard InChI is InChI=1S/C25H24N4O3/c1-27-13-19-22-18-9-4-5-10-20(18)28(2)21(22)14-29(25(19,15-27)24(31)32-3)23(30)17-8-6-7-16(11-17)12-26/h4-11,19H,13-15H2,1-3H3/t19-,25-/m0/s1. The Morgan fingerprint density at radius 2 is 1.94 bits per heavy atom. The van der Waals surface area contributed by atoms with E-state index in [1.54, 1.807) is 29.2 Å². The van der Waals surface area contributed by atoms with Gasteiger partial charge in [0.05, 0.1) is 25.3 Å². The summed E-state index contributed by atoms with van der Waals surface area (Å²) in [6, 6.07) is 16.9. The summed E-state index contributed by atoms with van der Waals surface area (Å²) in [6.45, 7) is 1.31. The van der Waals surface area contributed by atoms with E-state index in [1.807, 2.05) is 26.2 Å². The molecule has 2 aliphatic rings. The zero-order chi connectivity index (χ0) is 22.6. The number of esters is 1. The van der Waals surface area contributed by atoms with Gasteiger partial charge in [0.15, 0.2) is 5.54 Å². The van der Waals surface area contributed by atoms with Gasteiger partial charge >= 0.3 is 5.97 Å². The molecule has 7 heteroatoms. The zero-order valence-electron chi connectivity index (χ0n) is 18.3. The molecule has 162 valence electrons. The zero-order valence-corrected chi connectivity index (χ0v) is 18.3. The van der Waals surface area contributed by atoms with Crippen molar-refractivity contribution in [1.82, 2.24) is 14.4 Å². The van der Waals surface area contributed by atoms with E-state index in [0.717, 1.165) is 22.2 Å². The topological polar surface area (TPSA) is 78.6 Å². The van der Waals surface area contributed by atoms with Crippen LogP contribution in [-0.2, 0) is 23.1 Å². The second-order valence-electron chi connectivity index (χ2n) is 8.69. The van der Waals surface area contributed by atoms with Gasteiger partial charge in [-0.15, -0.1) is 0 Å². The van der Waals surface area contributed by atoms with E-state index >= 15 is 0 Å². The minimum atomic E-state index is -1.14. The van der Waals surface area contributed by atoms with Gasteiger partial charge in [0, 0.05) is 48.2 Å². The molecule has 3 aromatic rings. The van der Waals surface area contributed by atoms with Gasteiger partial charge in [0.2, 0.25) is 0 Å². The Kier molecular flexibility index (Phi) is 4.57. The molecular formula is C25H24N4O3. The van der Waals surface area contributed by atoms with Crippen LogP contribution in [0, 0.1) is 11.3 Å². The number of fused-ring (bicyclic) bond motifs is 5. The van der Waals surface area contributed by atoms with Crippen molar-refractivity contribution in [2.75, 3.05) is 27.2 Å². The number of nitriles is 1. The van der Waals surface area contributed by atoms with E-state index in [0.29, 0.717) is 24.2 Å². The van der Waals surface area contributed by atoms with Gasteiger partial charge in [-0.1, -0.05) is 24.3 Å². The molecule has 2 aromatic carbocycles. The van der Waals surface area contributed by atoms with Crippen LogP contribution in [0.25, 0.3) is 10.9 Å². The third-order valence-electron chi connectivity index (χ3n) is 7.01. The maximum atomic E-state index is 13.9. The Bertz CT molecular complexity index is 1300. The number of rotatable bonds is 2. The maximum absolute atomic E-state index is 13.9. The Balaban J connectivity index is 1.76. The van der Waals surface area contributed by atoms with Gasteiger partial charge in [-0.05, 0) is 36.9 Å². The number of amides is 1. The maximum Gasteiger partial charge on any atom is 0.333 e. The van der Waals surface area contributed by atoms with Crippen molar-refractivity contribution < 1.29 is 14.3 Å². The third kappa shape index (κ3) is 2.63. The fourth-order valence-electron chi connectivity index (χ4n) is 5.62. The van der Waals surface area contributed by atoms with Crippen molar-refractivity contribution in [3.63, 3.8) is 0 Å². The van der Waals surface area contributed by atoms with Crippen LogP contribution in [0.2, 0.25) is 0 Å². The molecule has 0 bridgehead atoms. The van der Waals surface area contributed by atoms with Crippen LogP contribution in [0.5, 0.6) is 0 Å². The first-order valence-corrected chi connectivity index (χ1v) is 10.6. The number of para-hydroxylation sites is 1. The molecule has 7 nitrogen and oxygen atoms in total. The van der Waals surface area contributed by atoms with Crippen LogP contribution in [-0.4, -0.2) is 59.0 Å². The molecule has 1 amide bonds. The smallest absolute Gasteiger partial charge is 0.333 e. The largest absolute Gasteiger partial charge is 0.467 e. The fraction of sp³-hybridized carbons (Fsp3) is 0.320. The summed E-state index contributed by atoms with van der Waals surface area (Å²) in [5, 5.41) is 10.4. The van der Waals surface area contributed by atoms with Crippen LogP contribution < -0.4 is 0 Å². The highest BCUT2D eigenvalue weighted by molar-refractivity contribution is 6.01. The van der Waals surface area contributed by atoms with Crippen molar-refractivity contribution in [1.29, 1.82) is 5.26 Å². The number of benzene rings is 2. The number of likely N-dealkylation sites (tertiary alicyclic amines) is 1. The van der Waals surface area contributed by atoms with Gasteiger partial charge in [-0.2, -0.15) is 5.26 Å². The normalized spacial score (nSPS) is 22.3. The highest BCUT2D eigenvalue weighted by Gasteiger charge is 2.61. The quantitative estimate of drug-likeness (QED) is 0.587. The summed E-state index contributed by atoms with van der Waals surface area (Å²) in [5.74, 6) is -0.906. The molecule has 1 aromatic heterocycles. The molecule has 32 heavy (non-hydrogen) atoms. The number of nitrogens with zero attached hydrogens (tertiary/aromatic N) is 4. The predicted molar refractivity (Wildman–Crippen MR) is 119 cm³/mol. The van der Waals surface area contributed by atoms with Crippen molar-refractivity contribution >= 4 is 22.8 Å². The number of likely N-dealkylation sites (N-methyl/N-ethyl adjacent to an activating group) is 1. The van der Waals surface area contributed by atoms with Gasteiger partial charge in [0.25, 0.3) is 5.91 Å². The van der Waals surface area contributed by atoms with Crippen LogP contribution >= 0.6 is 0 Å². The average molecular weight is 428 g/mol. The minimum absolute atomic E-state index is 0.224. The summed E-state index contributed by atoms with van der Waals surface area (Å²) in [5.41, 5.74) is 2.88.